The maximum Gasteiger partial charge on any atom is 0.305 e. The quantitative estimate of drug-likeness (QED) is 0.724. The van der Waals surface area contributed by atoms with E-state index >= 15 is 0 Å². The largest absolute Gasteiger partial charge is 0.481 e. The van der Waals surface area contributed by atoms with Crippen molar-refractivity contribution in [3.05, 3.63) is 29.8 Å². The van der Waals surface area contributed by atoms with Gasteiger partial charge in [-0.3, -0.25) is 9.59 Å². The first-order valence-corrected chi connectivity index (χ1v) is 8.12. The number of carboxylic acid groups (broad SMARTS) is 1. The summed E-state index contributed by atoms with van der Waals surface area (Å²) in [5.74, 6) is -0.703. The number of hydrogen-bond donors (Lipinski definition) is 2. The number of carbonyl (C=O) groups excluding carboxylic acids is 1. The van der Waals surface area contributed by atoms with Crippen molar-refractivity contribution in [2.75, 3.05) is 5.75 Å². The number of nitrogens with one attached hydrogen (secondary N) is 1. The van der Waals surface area contributed by atoms with Crippen LogP contribution in [0.15, 0.2) is 29.2 Å². The fraction of sp³-hybridized carbons (Fsp3) is 0.500. The third-order valence-corrected chi connectivity index (χ3v) is 4.88. The van der Waals surface area contributed by atoms with E-state index in [4.69, 9.17) is 5.11 Å². The van der Waals surface area contributed by atoms with Crippen LogP contribution < -0.4 is 5.32 Å². The van der Waals surface area contributed by atoms with E-state index < -0.39 is 11.5 Å². The molecule has 0 spiro atoms. The number of carbonyl (C=O) groups is 2. The van der Waals surface area contributed by atoms with Gasteiger partial charge in [-0.15, -0.1) is 11.8 Å². The number of aliphatic carboxylic acids is 1. The zero-order valence-electron chi connectivity index (χ0n) is 12.8. The highest BCUT2D eigenvalue weighted by Gasteiger charge is 2.30. The van der Waals surface area contributed by atoms with Gasteiger partial charge in [-0.25, -0.2) is 0 Å². The summed E-state index contributed by atoms with van der Waals surface area (Å²) in [6.07, 6.45) is 1.17. The molecule has 2 N–H and O–H groups in total. The van der Waals surface area contributed by atoms with Crippen LogP contribution in [0.2, 0.25) is 0 Å². The summed E-state index contributed by atoms with van der Waals surface area (Å²) in [6.45, 7) is 5.81. The first-order chi connectivity index (χ1) is 9.92. The predicted octanol–water partition coefficient (Wildman–Crippen LogP) is 3.24. The van der Waals surface area contributed by atoms with Crippen molar-refractivity contribution < 1.29 is 14.7 Å². The van der Waals surface area contributed by atoms with Crippen LogP contribution in [0.5, 0.6) is 0 Å². The summed E-state index contributed by atoms with van der Waals surface area (Å²) in [5, 5.41) is 11.9. The lowest BCUT2D eigenvalue weighted by atomic mass is 9.89. The lowest BCUT2D eigenvalue weighted by Crippen LogP contribution is -2.49. The highest BCUT2D eigenvalue weighted by molar-refractivity contribution is 8.00. The molecule has 0 aliphatic carbocycles. The smallest absolute Gasteiger partial charge is 0.305 e. The Morgan fingerprint density at radius 2 is 1.86 bits per heavy atom. The van der Waals surface area contributed by atoms with E-state index in [2.05, 4.69) is 5.32 Å². The van der Waals surface area contributed by atoms with Gasteiger partial charge in [-0.1, -0.05) is 32.0 Å². The maximum atomic E-state index is 12.1. The van der Waals surface area contributed by atoms with Gasteiger partial charge in [-0.05, 0) is 31.4 Å². The molecule has 4 nitrogen and oxygen atoms in total. The van der Waals surface area contributed by atoms with Crippen LogP contribution in [0.25, 0.3) is 0 Å². The second-order valence-corrected chi connectivity index (χ2v) is 6.18. The minimum atomic E-state index is -0.884. The molecule has 0 saturated heterocycles. The van der Waals surface area contributed by atoms with Crippen LogP contribution in [0.1, 0.15) is 38.7 Å². The molecular weight excluding hydrogens is 286 g/mol. The average molecular weight is 309 g/mol. The molecule has 0 heterocycles. The highest BCUT2D eigenvalue weighted by Crippen LogP contribution is 2.23. The van der Waals surface area contributed by atoms with Crippen LogP contribution in [-0.4, -0.2) is 28.3 Å². The number of benzene rings is 1. The van der Waals surface area contributed by atoms with Crippen molar-refractivity contribution >= 4 is 23.6 Å². The Labute approximate surface area is 130 Å². The summed E-state index contributed by atoms with van der Waals surface area (Å²) in [7, 11) is 0. The molecule has 0 aliphatic rings. The molecule has 0 fully saturated rings. The summed E-state index contributed by atoms with van der Waals surface area (Å²) in [4.78, 5) is 24.2. The number of carboxylic acids is 1. The minimum Gasteiger partial charge on any atom is -0.481 e. The minimum absolute atomic E-state index is 0.0409. The summed E-state index contributed by atoms with van der Waals surface area (Å²) in [6, 6.07) is 7.90. The van der Waals surface area contributed by atoms with Gasteiger partial charge < -0.3 is 10.4 Å². The molecular formula is C16H23NO3S. The second kappa shape index (κ2) is 8.08. The normalized spacial score (nSPS) is 11.2. The topological polar surface area (TPSA) is 66.4 Å². The van der Waals surface area contributed by atoms with E-state index in [0.29, 0.717) is 18.6 Å². The molecule has 0 aromatic heterocycles. The van der Waals surface area contributed by atoms with E-state index in [1.165, 1.54) is 11.8 Å². The third kappa shape index (κ3) is 5.42. The average Bonchev–Trinajstić information content (AvgIpc) is 2.45. The van der Waals surface area contributed by atoms with E-state index in [9.17, 15) is 9.59 Å². The molecule has 0 atom stereocenters. The van der Waals surface area contributed by atoms with Crippen LogP contribution >= 0.6 is 11.8 Å². The second-order valence-electron chi connectivity index (χ2n) is 5.16. The third-order valence-electron chi connectivity index (χ3n) is 3.70. The van der Waals surface area contributed by atoms with Gasteiger partial charge in [0.1, 0.15) is 0 Å². The molecule has 0 bridgehead atoms. The Balaban J connectivity index is 2.62. The number of thioether (sulfide) groups is 1. The van der Waals surface area contributed by atoms with Gasteiger partial charge >= 0.3 is 5.97 Å². The molecule has 0 aliphatic heterocycles. The standard InChI is InChI=1S/C16H23NO3S/c1-4-16(5-2,10-15(19)20)17-14(18)11-21-13-9-7-6-8-12(13)3/h6-9H,4-5,10-11H2,1-3H3,(H,17,18)(H,19,20). The molecule has 1 amide bonds. The van der Waals surface area contributed by atoms with Crippen molar-refractivity contribution in [2.24, 2.45) is 0 Å². The molecule has 0 radical (unpaired) electrons. The van der Waals surface area contributed by atoms with Gasteiger partial charge in [0.05, 0.1) is 12.2 Å². The lowest BCUT2D eigenvalue weighted by Gasteiger charge is -2.31. The van der Waals surface area contributed by atoms with Gasteiger partial charge in [0.25, 0.3) is 0 Å². The number of hydrogen-bond acceptors (Lipinski definition) is 3. The number of amides is 1. The first-order valence-electron chi connectivity index (χ1n) is 7.13. The predicted molar refractivity (Wildman–Crippen MR) is 85.6 cm³/mol. The van der Waals surface area contributed by atoms with Gasteiger partial charge in [0, 0.05) is 10.4 Å². The molecule has 0 unspecified atom stereocenters. The Kier molecular flexibility index (Phi) is 6.75. The van der Waals surface area contributed by atoms with Crippen molar-refractivity contribution in [1.29, 1.82) is 0 Å². The first kappa shape index (κ1) is 17.6. The van der Waals surface area contributed by atoms with Crippen LogP contribution in [0, 0.1) is 6.92 Å². The van der Waals surface area contributed by atoms with E-state index in [0.717, 1.165) is 10.5 Å². The molecule has 5 heteroatoms. The Hall–Kier alpha value is -1.49. The molecule has 116 valence electrons. The van der Waals surface area contributed by atoms with Crippen LogP contribution in [0.3, 0.4) is 0 Å². The number of rotatable bonds is 8. The lowest BCUT2D eigenvalue weighted by molar-refractivity contribution is -0.139. The van der Waals surface area contributed by atoms with Crippen molar-refractivity contribution in [1.82, 2.24) is 5.32 Å². The maximum absolute atomic E-state index is 12.1. The molecule has 1 rings (SSSR count). The molecule has 1 aromatic rings. The van der Waals surface area contributed by atoms with Crippen molar-refractivity contribution in [3.8, 4) is 0 Å². The fourth-order valence-electron chi connectivity index (χ4n) is 2.20. The SMILES string of the molecule is CCC(CC)(CC(=O)O)NC(=O)CSc1ccccc1C. The summed E-state index contributed by atoms with van der Waals surface area (Å²) in [5.41, 5.74) is 0.493. The summed E-state index contributed by atoms with van der Waals surface area (Å²) >= 11 is 1.48. The zero-order valence-corrected chi connectivity index (χ0v) is 13.6. The van der Waals surface area contributed by atoms with Crippen LogP contribution in [0.4, 0.5) is 0 Å². The Morgan fingerprint density at radius 1 is 1.24 bits per heavy atom. The van der Waals surface area contributed by atoms with E-state index in [1.54, 1.807) is 0 Å². The Bertz CT molecular complexity index is 498. The van der Waals surface area contributed by atoms with Crippen LogP contribution in [-0.2, 0) is 9.59 Å². The van der Waals surface area contributed by atoms with Crippen molar-refractivity contribution in [3.63, 3.8) is 0 Å². The van der Waals surface area contributed by atoms with Crippen molar-refractivity contribution in [2.45, 2.75) is 50.5 Å². The number of aryl methyl sites for hydroxylation is 1. The molecule has 1 aromatic carbocycles. The zero-order chi connectivity index (χ0) is 15.9. The monoisotopic (exact) mass is 309 g/mol. The van der Waals surface area contributed by atoms with Gasteiger partial charge in [0.15, 0.2) is 0 Å². The van der Waals surface area contributed by atoms with Gasteiger partial charge in [-0.2, -0.15) is 0 Å². The summed E-state index contributed by atoms with van der Waals surface area (Å²) < 4.78 is 0. The Morgan fingerprint density at radius 3 is 2.38 bits per heavy atom. The highest BCUT2D eigenvalue weighted by atomic mass is 32.2. The van der Waals surface area contributed by atoms with Gasteiger partial charge in [0.2, 0.25) is 5.91 Å². The van der Waals surface area contributed by atoms with E-state index in [-0.39, 0.29) is 12.3 Å². The molecule has 0 saturated carbocycles. The molecule has 21 heavy (non-hydrogen) atoms. The fourth-order valence-corrected chi connectivity index (χ4v) is 3.03. The van der Waals surface area contributed by atoms with E-state index in [1.807, 2.05) is 45.0 Å².